The average molecular weight is 246 g/mol. The standard InChI is InChI=1S/C15H22N2O/c1-11(2)12(3)17(4)15(18)10-7-13-5-8-14(16)9-6-13/h5-12H,16H2,1-4H3/b10-7+. The number of nitrogen functional groups attached to an aromatic ring is 1. The third-order valence-electron chi connectivity index (χ3n) is 3.28. The Morgan fingerprint density at radius 3 is 2.28 bits per heavy atom. The molecule has 3 heteroatoms. The average Bonchev–Trinajstić information content (AvgIpc) is 2.35. The number of anilines is 1. The highest BCUT2D eigenvalue weighted by atomic mass is 16.2. The Kier molecular flexibility index (Phi) is 4.95. The van der Waals surface area contributed by atoms with Gasteiger partial charge in [-0.2, -0.15) is 0 Å². The van der Waals surface area contributed by atoms with Crippen LogP contribution in [0.2, 0.25) is 0 Å². The summed E-state index contributed by atoms with van der Waals surface area (Å²) in [6.07, 6.45) is 3.41. The van der Waals surface area contributed by atoms with Gasteiger partial charge in [-0.1, -0.05) is 26.0 Å². The van der Waals surface area contributed by atoms with E-state index in [1.165, 1.54) is 0 Å². The molecule has 3 nitrogen and oxygen atoms in total. The second kappa shape index (κ2) is 6.24. The van der Waals surface area contributed by atoms with Crippen molar-refractivity contribution >= 4 is 17.7 Å². The van der Waals surface area contributed by atoms with Crippen LogP contribution in [0.15, 0.2) is 30.3 Å². The second-order valence-electron chi connectivity index (χ2n) is 4.93. The van der Waals surface area contributed by atoms with E-state index in [1.54, 1.807) is 11.0 Å². The largest absolute Gasteiger partial charge is 0.399 e. The highest BCUT2D eigenvalue weighted by Gasteiger charge is 2.16. The summed E-state index contributed by atoms with van der Waals surface area (Å²) < 4.78 is 0. The summed E-state index contributed by atoms with van der Waals surface area (Å²) in [5, 5.41) is 0. The molecule has 1 aromatic carbocycles. The van der Waals surface area contributed by atoms with Crippen molar-refractivity contribution in [2.45, 2.75) is 26.8 Å². The lowest BCUT2D eigenvalue weighted by Crippen LogP contribution is -2.37. The normalized spacial score (nSPS) is 12.9. The molecular weight excluding hydrogens is 224 g/mol. The fourth-order valence-electron chi connectivity index (χ4n) is 1.54. The molecule has 0 aliphatic carbocycles. The molecule has 0 spiro atoms. The van der Waals surface area contributed by atoms with Gasteiger partial charge < -0.3 is 10.6 Å². The fourth-order valence-corrected chi connectivity index (χ4v) is 1.54. The first kappa shape index (κ1) is 14.3. The van der Waals surface area contributed by atoms with E-state index >= 15 is 0 Å². The molecule has 1 aromatic rings. The molecule has 1 atom stereocenters. The van der Waals surface area contributed by atoms with E-state index < -0.39 is 0 Å². The fraction of sp³-hybridized carbons (Fsp3) is 0.400. The molecule has 98 valence electrons. The van der Waals surface area contributed by atoms with Gasteiger partial charge >= 0.3 is 0 Å². The number of nitrogens with zero attached hydrogens (tertiary/aromatic N) is 1. The maximum absolute atomic E-state index is 11.9. The molecule has 0 bridgehead atoms. The highest BCUT2D eigenvalue weighted by Crippen LogP contribution is 2.10. The molecule has 18 heavy (non-hydrogen) atoms. The molecule has 0 radical (unpaired) electrons. The van der Waals surface area contributed by atoms with Gasteiger partial charge in [0, 0.05) is 24.9 Å². The number of hydrogen-bond donors (Lipinski definition) is 1. The first-order chi connectivity index (χ1) is 8.41. The second-order valence-corrected chi connectivity index (χ2v) is 4.93. The number of carbonyl (C=O) groups excluding carboxylic acids is 1. The Bertz CT molecular complexity index is 421. The smallest absolute Gasteiger partial charge is 0.246 e. The summed E-state index contributed by atoms with van der Waals surface area (Å²) in [4.78, 5) is 13.7. The van der Waals surface area contributed by atoms with Gasteiger partial charge in [-0.05, 0) is 36.6 Å². The van der Waals surface area contributed by atoms with Crippen LogP contribution < -0.4 is 5.73 Å². The van der Waals surface area contributed by atoms with E-state index in [0.717, 1.165) is 11.3 Å². The van der Waals surface area contributed by atoms with Crippen LogP contribution >= 0.6 is 0 Å². The minimum atomic E-state index is 0.0213. The molecular formula is C15H22N2O. The third kappa shape index (κ3) is 3.91. The van der Waals surface area contributed by atoms with Crippen LogP contribution in [0.25, 0.3) is 6.08 Å². The van der Waals surface area contributed by atoms with Crippen molar-refractivity contribution in [2.75, 3.05) is 12.8 Å². The molecule has 0 fully saturated rings. The lowest BCUT2D eigenvalue weighted by molar-refractivity contribution is -0.127. The molecule has 0 aromatic heterocycles. The Morgan fingerprint density at radius 1 is 1.22 bits per heavy atom. The van der Waals surface area contributed by atoms with Crippen LogP contribution in [-0.4, -0.2) is 23.9 Å². The van der Waals surface area contributed by atoms with Crippen molar-refractivity contribution in [2.24, 2.45) is 5.92 Å². The Balaban J connectivity index is 2.67. The predicted octanol–water partition coefficient (Wildman–Crippen LogP) is 2.78. The van der Waals surface area contributed by atoms with E-state index in [0.29, 0.717) is 5.92 Å². The lowest BCUT2D eigenvalue weighted by Gasteiger charge is -2.26. The van der Waals surface area contributed by atoms with Crippen molar-refractivity contribution in [3.05, 3.63) is 35.9 Å². The maximum Gasteiger partial charge on any atom is 0.246 e. The van der Waals surface area contributed by atoms with Gasteiger partial charge in [0.2, 0.25) is 5.91 Å². The van der Waals surface area contributed by atoms with Gasteiger partial charge in [0.25, 0.3) is 0 Å². The summed E-state index contributed by atoms with van der Waals surface area (Å²) in [6.45, 7) is 6.27. The van der Waals surface area contributed by atoms with Crippen molar-refractivity contribution < 1.29 is 4.79 Å². The van der Waals surface area contributed by atoms with Crippen LogP contribution in [0.4, 0.5) is 5.69 Å². The van der Waals surface area contributed by atoms with Crippen molar-refractivity contribution in [3.63, 3.8) is 0 Å². The van der Waals surface area contributed by atoms with Crippen LogP contribution in [0.3, 0.4) is 0 Å². The van der Waals surface area contributed by atoms with Gasteiger partial charge in [-0.3, -0.25) is 4.79 Å². The number of carbonyl (C=O) groups is 1. The molecule has 0 aliphatic rings. The molecule has 1 rings (SSSR count). The van der Waals surface area contributed by atoms with E-state index in [1.807, 2.05) is 37.4 Å². The highest BCUT2D eigenvalue weighted by molar-refractivity contribution is 5.91. The Labute approximate surface area is 109 Å². The minimum Gasteiger partial charge on any atom is -0.399 e. The van der Waals surface area contributed by atoms with E-state index in [4.69, 9.17) is 5.73 Å². The van der Waals surface area contributed by atoms with Gasteiger partial charge in [-0.25, -0.2) is 0 Å². The summed E-state index contributed by atoms with van der Waals surface area (Å²) in [5.74, 6) is 0.469. The molecule has 1 amide bonds. The number of rotatable bonds is 4. The van der Waals surface area contributed by atoms with E-state index in [9.17, 15) is 4.79 Å². The molecule has 0 aliphatic heterocycles. The molecule has 0 saturated carbocycles. The molecule has 0 saturated heterocycles. The van der Waals surface area contributed by atoms with Crippen LogP contribution in [0.1, 0.15) is 26.3 Å². The number of benzene rings is 1. The zero-order valence-corrected chi connectivity index (χ0v) is 11.6. The maximum atomic E-state index is 11.9. The topological polar surface area (TPSA) is 46.3 Å². The van der Waals surface area contributed by atoms with Crippen molar-refractivity contribution in [1.29, 1.82) is 0 Å². The zero-order chi connectivity index (χ0) is 13.7. The van der Waals surface area contributed by atoms with E-state index in [-0.39, 0.29) is 11.9 Å². The van der Waals surface area contributed by atoms with Crippen LogP contribution in [0, 0.1) is 5.92 Å². The van der Waals surface area contributed by atoms with Crippen LogP contribution in [-0.2, 0) is 4.79 Å². The minimum absolute atomic E-state index is 0.0213. The first-order valence-electron chi connectivity index (χ1n) is 6.22. The Morgan fingerprint density at radius 2 is 1.78 bits per heavy atom. The van der Waals surface area contributed by atoms with Gasteiger partial charge in [0.05, 0.1) is 0 Å². The first-order valence-corrected chi connectivity index (χ1v) is 6.22. The van der Waals surface area contributed by atoms with Gasteiger partial charge in [-0.15, -0.1) is 0 Å². The van der Waals surface area contributed by atoms with E-state index in [2.05, 4.69) is 20.8 Å². The lowest BCUT2D eigenvalue weighted by atomic mass is 10.1. The zero-order valence-electron chi connectivity index (χ0n) is 11.6. The third-order valence-corrected chi connectivity index (χ3v) is 3.28. The quantitative estimate of drug-likeness (QED) is 0.656. The molecule has 0 heterocycles. The number of nitrogens with two attached hydrogens (primary N) is 1. The van der Waals surface area contributed by atoms with Crippen molar-refractivity contribution in [3.8, 4) is 0 Å². The summed E-state index contributed by atoms with van der Waals surface area (Å²) in [6, 6.07) is 7.67. The van der Waals surface area contributed by atoms with Gasteiger partial charge in [0.15, 0.2) is 0 Å². The van der Waals surface area contributed by atoms with Crippen LogP contribution in [0.5, 0.6) is 0 Å². The number of likely N-dealkylation sites (N-methyl/N-ethyl adjacent to an activating group) is 1. The Hall–Kier alpha value is -1.77. The number of hydrogen-bond acceptors (Lipinski definition) is 2. The summed E-state index contributed by atoms with van der Waals surface area (Å²) in [5.41, 5.74) is 7.31. The number of amides is 1. The summed E-state index contributed by atoms with van der Waals surface area (Å²) in [7, 11) is 1.83. The predicted molar refractivity (Wildman–Crippen MR) is 77.0 cm³/mol. The molecule has 2 N–H and O–H groups in total. The SMILES string of the molecule is CC(C)C(C)N(C)C(=O)/C=C/c1ccc(N)cc1. The monoisotopic (exact) mass is 246 g/mol. The van der Waals surface area contributed by atoms with Crippen molar-refractivity contribution in [1.82, 2.24) is 4.90 Å². The van der Waals surface area contributed by atoms with Gasteiger partial charge in [0.1, 0.15) is 0 Å². The summed E-state index contributed by atoms with van der Waals surface area (Å²) >= 11 is 0. The molecule has 1 unspecified atom stereocenters.